The highest BCUT2D eigenvalue weighted by Gasteiger charge is 2.48. The van der Waals surface area contributed by atoms with E-state index in [4.69, 9.17) is 14.2 Å². The second-order valence-corrected chi connectivity index (χ2v) is 19.4. The second-order valence-electron chi connectivity index (χ2n) is 18.5. The van der Waals surface area contributed by atoms with E-state index in [0.717, 1.165) is 79.9 Å². The van der Waals surface area contributed by atoms with Gasteiger partial charge >= 0.3 is 6.09 Å². The zero-order chi connectivity index (χ0) is 40.4. The molecule has 0 radical (unpaired) electrons. The molecular formula is C42H61N5O8S. The van der Waals surface area contributed by atoms with Crippen LogP contribution in [-0.4, -0.2) is 113 Å². The first-order valence-electron chi connectivity index (χ1n) is 20.1. The van der Waals surface area contributed by atoms with Gasteiger partial charge in [0.1, 0.15) is 24.3 Å². The topological polar surface area (TPSA) is 160 Å². The van der Waals surface area contributed by atoms with Crippen molar-refractivity contribution in [2.75, 3.05) is 32.8 Å². The number of aliphatic hydroxyl groups is 1. The van der Waals surface area contributed by atoms with Gasteiger partial charge in [0.15, 0.2) is 0 Å². The predicted octanol–water partition coefficient (Wildman–Crippen LogP) is 5.22. The number of nitrogens with one attached hydrogen (secondary N) is 2. The Kier molecular flexibility index (Phi) is 12.8. The number of piperidine rings is 1. The molecule has 2 saturated carbocycles. The third kappa shape index (κ3) is 10.5. The van der Waals surface area contributed by atoms with Gasteiger partial charge in [0.2, 0.25) is 17.7 Å². The number of aliphatic hydroxyl groups excluding tert-OH is 1. The van der Waals surface area contributed by atoms with E-state index in [1.54, 1.807) is 11.3 Å². The second kappa shape index (κ2) is 17.1. The van der Waals surface area contributed by atoms with Crippen molar-refractivity contribution in [3.63, 3.8) is 0 Å². The van der Waals surface area contributed by atoms with Crippen LogP contribution in [0.15, 0.2) is 29.8 Å². The lowest BCUT2D eigenvalue weighted by atomic mass is 9.58. The van der Waals surface area contributed by atoms with E-state index in [1.165, 1.54) is 4.90 Å². The van der Waals surface area contributed by atoms with Crippen LogP contribution in [0.1, 0.15) is 97.7 Å². The van der Waals surface area contributed by atoms with Crippen LogP contribution in [-0.2, 0) is 35.1 Å². The molecule has 4 amide bonds. The van der Waals surface area contributed by atoms with Gasteiger partial charge < -0.3 is 39.8 Å². The van der Waals surface area contributed by atoms with Gasteiger partial charge in [-0.2, -0.15) is 0 Å². The summed E-state index contributed by atoms with van der Waals surface area (Å²) in [7, 11) is 0. The van der Waals surface area contributed by atoms with Gasteiger partial charge in [-0.3, -0.25) is 14.4 Å². The third-order valence-electron chi connectivity index (χ3n) is 11.7. The van der Waals surface area contributed by atoms with E-state index in [1.807, 2.05) is 83.1 Å². The molecule has 2 aromatic rings. The van der Waals surface area contributed by atoms with E-state index in [-0.39, 0.29) is 50.3 Å². The number of hydrogen-bond donors (Lipinski definition) is 3. The number of hydrogen-bond acceptors (Lipinski definition) is 10. The van der Waals surface area contributed by atoms with Crippen molar-refractivity contribution >= 4 is 35.2 Å². The Balaban J connectivity index is 0.896. The van der Waals surface area contributed by atoms with Crippen molar-refractivity contribution < 1.29 is 38.5 Å². The predicted molar refractivity (Wildman–Crippen MR) is 213 cm³/mol. The van der Waals surface area contributed by atoms with Gasteiger partial charge in [0.05, 0.1) is 34.4 Å². The van der Waals surface area contributed by atoms with Crippen molar-refractivity contribution in [1.29, 1.82) is 0 Å². The number of aryl methyl sites for hydroxylation is 1. The summed E-state index contributed by atoms with van der Waals surface area (Å²) in [6.07, 6.45) is 4.77. The van der Waals surface area contributed by atoms with Crippen LogP contribution in [0.2, 0.25) is 0 Å². The molecule has 4 aliphatic rings. The fourth-order valence-electron chi connectivity index (χ4n) is 8.42. The number of β-amino-alcohol motifs (C(OH)–C–C–N with tert-alkyl or cyclic N) is 1. The molecule has 3 N–H and O–H groups in total. The number of ether oxygens (including phenoxy) is 3. The lowest BCUT2D eigenvalue weighted by Gasteiger charge is -2.52. The summed E-state index contributed by atoms with van der Waals surface area (Å²) in [6, 6.07) is 6.13. The smallest absolute Gasteiger partial charge is 0.410 e. The lowest BCUT2D eigenvalue weighted by molar-refractivity contribution is -0.149. The van der Waals surface area contributed by atoms with E-state index in [0.29, 0.717) is 11.3 Å². The zero-order valence-corrected chi connectivity index (χ0v) is 34.9. The number of amides is 4. The lowest BCUT2D eigenvalue weighted by Crippen LogP contribution is -2.58. The zero-order valence-electron chi connectivity index (χ0n) is 34.1. The summed E-state index contributed by atoms with van der Waals surface area (Å²) in [5, 5.41) is 16.4. The van der Waals surface area contributed by atoms with Crippen molar-refractivity contribution in [3.8, 4) is 10.4 Å². The van der Waals surface area contributed by atoms with E-state index in [2.05, 4.69) is 15.6 Å². The number of rotatable bonds is 12. The Morgan fingerprint density at radius 3 is 2.25 bits per heavy atom. The molecule has 2 saturated heterocycles. The molecule has 6 rings (SSSR count). The summed E-state index contributed by atoms with van der Waals surface area (Å²) in [4.78, 5) is 61.6. The van der Waals surface area contributed by atoms with Crippen LogP contribution >= 0.6 is 11.3 Å². The van der Waals surface area contributed by atoms with Gasteiger partial charge in [0, 0.05) is 39.2 Å². The van der Waals surface area contributed by atoms with Crippen LogP contribution in [0.3, 0.4) is 0 Å². The monoisotopic (exact) mass is 795 g/mol. The number of aromatic nitrogens is 1. The Bertz CT molecular complexity index is 1700. The van der Waals surface area contributed by atoms with E-state index in [9.17, 15) is 24.3 Å². The number of likely N-dealkylation sites (tertiary alicyclic amines) is 2. The third-order valence-corrected chi connectivity index (χ3v) is 12.7. The highest BCUT2D eigenvalue weighted by molar-refractivity contribution is 7.13. The minimum absolute atomic E-state index is 0.0107. The van der Waals surface area contributed by atoms with Crippen LogP contribution in [0.25, 0.3) is 10.4 Å². The molecule has 1 spiro atoms. The van der Waals surface area contributed by atoms with Gasteiger partial charge in [0.25, 0.3) is 0 Å². The van der Waals surface area contributed by atoms with Crippen LogP contribution in [0, 0.1) is 23.7 Å². The summed E-state index contributed by atoms with van der Waals surface area (Å²) in [6.45, 7) is 15.5. The Hall–Kier alpha value is -3.59. The molecule has 1 aromatic carbocycles. The Morgan fingerprint density at radius 2 is 1.64 bits per heavy atom. The SMILES string of the molecule is Cc1ncsc1-c1ccc(CNC(=O)[C@@H]2C[C@@H](O)CN2C(=O)[C@@H](NC(=O)COC2CC(OCC3CC4(CCN(C(=O)OC(C)(C)C)CC4)C3)C2)C(C)(C)C)cc1. The van der Waals surface area contributed by atoms with Crippen LogP contribution < -0.4 is 10.6 Å². The maximum Gasteiger partial charge on any atom is 0.410 e. The first-order valence-corrected chi connectivity index (χ1v) is 21.0. The molecule has 2 aliphatic heterocycles. The molecule has 56 heavy (non-hydrogen) atoms. The van der Waals surface area contributed by atoms with Crippen molar-refractivity contribution in [2.45, 2.75) is 136 Å². The van der Waals surface area contributed by atoms with Crippen LogP contribution in [0.4, 0.5) is 4.79 Å². The van der Waals surface area contributed by atoms with Crippen molar-refractivity contribution in [3.05, 3.63) is 41.0 Å². The fraction of sp³-hybridized carbons (Fsp3) is 0.690. The van der Waals surface area contributed by atoms with Crippen LogP contribution in [0.5, 0.6) is 0 Å². The summed E-state index contributed by atoms with van der Waals surface area (Å²) < 4.78 is 17.6. The molecular weight excluding hydrogens is 735 g/mol. The first kappa shape index (κ1) is 42.0. The first-order chi connectivity index (χ1) is 26.4. The van der Waals surface area contributed by atoms with Crippen molar-refractivity contribution in [2.24, 2.45) is 16.7 Å². The van der Waals surface area contributed by atoms with Gasteiger partial charge in [-0.1, -0.05) is 45.0 Å². The van der Waals surface area contributed by atoms with Gasteiger partial charge in [-0.05, 0) is 94.1 Å². The normalized spacial score (nSPS) is 24.3. The largest absolute Gasteiger partial charge is 0.444 e. The minimum atomic E-state index is -0.922. The molecule has 3 atom stereocenters. The molecule has 1 aromatic heterocycles. The number of thiazole rings is 1. The maximum atomic E-state index is 14.0. The molecule has 13 nitrogen and oxygen atoms in total. The number of benzene rings is 1. The molecule has 14 heteroatoms. The quantitative estimate of drug-likeness (QED) is 0.262. The average molecular weight is 796 g/mol. The minimum Gasteiger partial charge on any atom is -0.444 e. The standard InChI is InChI=1S/C42H61N5O8S/c1-26-35(56-25-44-26)29-10-8-27(9-11-29)21-43-37(50)33-16-30(48)22-47(33)38(51)36(40(2,3)4)45-34(49)24-54-32-17-31(18-32)53-23-28-19-42(20-28)12-14-46(15-13-42)39(52)55-41(5,6)7/h8-11,25,28,30-33,36,48H,12-24H2,1-7H3,(H,43,50)(H,45,49)/t30-,31?,32?,33+,36-/m1/s1. The van der Waals surface area contributed by atoms with E-state index >= 15 is 0 Å². The maximum absolute atomic E-state index is 14.0. The fourth-order valence-corrected chi connectivity index (χ4v) is 9.23. The Labute approximate surface area is 335 Å². The number of nitrogens with zero attached hydrogens (tertiary/aromatic N) is 3. The van der Waals surface area contributed by atoms with Gasteiger partial charge in [-0.25, -0.2) is 9.78 Å². The number of carbonyl (C=O) groups excluding carboxylic acids is 4. The highest BCUT2D eigenvalue weighted by Crippen LogP contribution is 2.53. The van der Waals surface area contributed by atoms with Gasteiger partial charge in [-0.15, -0.1) is 11.3 Å². The molecule has 308 valence electrons. The molecule has 4 fully saturated rings. The van der Waals surface area contributed by atoms with Crippen molar-refractivity contribution in [1.82, 2.24) is 25.4 Å². The Morgan fingerprint density at radius 1 is 0.982 bits per heavy atom. The average Bonchev–Trinajstić information content (AvgIpc) is 3.71. The van der Waals surface area contributed by atoms with E-state index < -0.39 is 41.0 Å². The molecule has 2 aliphatic carbocycles. The number of carbonyl (C=O) groups is 4. The summed E-state index contributed by atoms with van der Waals surface area (Å²) in [5.74, 6) is -0.633. The summed E-state index contributed by atoms with van der Waals surface area (Å²) >= 11 is 1.58. The highest BCUT2D eigenvalue weighted by atomic mass is 32.1. The molecule has 0 bridgehead atoms. The summed E-state index contributed by atoms with van der Waals surface area (Å²) in [5.41, 5.74) is 3.93. The molecule has 0 unspecified atom stereocenters. The molecule has 3 heterocycles.